The summed E-state index contributed by atoms with van der Waals surface area (Å²) in [5.74, 6) is 1.02. The van der Waals surface area contributed by atoms with E-state index in [1.165, 1.54) is 0 Å². The van der Waals surface area contributed by atoms with Crippen molar-refractivity contribution in [1.82, 2.24) is 5.32 Å². The van der Waals surface area contributed by atoms with Crippen LogP contribution in [0.2, 0.25) is 0 Å². The number of nitrogens with zero attached hydrogens (tertiary/aromatic N) is 1. The van der Waals surface area contributed by atoms with Crippen molar-refractivity contribution in [3.05, 3.63) is 23.8 Å². The second kappa shape index (κ2) is 9.65. The molecule has 0 fully saturated rings. The summed E-state index contributed by atoms with van der Waals surface area (Å²) in [6.07, 6.45) is 3.08. The Morgan fingerprint density at radius 2 is 2.19 bits per heavy atom. The third-order valence-corrected chi connectivity index (χ3v) is 2.99. The van der Waals surface area contributed by atoms with Crippen LogP contribution in [0.25, 0.3) is 0 Å². The van der Waals surface area contributed by atoms with Gasteiger partial charge in [-0.2, -0.15) is 5.26 Å². The van der Waals surface area contributed by atoms with E-state index in [1.54, 1.807) is 7.11 Å². The number of amides is 1. The molecule has 0 saturated carbocycles. The van der Waals surface area contributed by atoms with Crippen LogP contribution < -0.4 is 14.8 Å². The molecule has 0 unspecified atom stereocenters. The van der Waals surface area contributed by atoms with Gasteiger partial charge in [0, 0.05) is 12.1 Å². The van der Waals surface area contributed by atoms with Crippen molar-refractivity contribution < 1.29 is 14.3 Å². The molecule has 0 saturated heterocycles. The SMILES string of the molecule is CCCCCOc1c(CNC(=O)CC#N)cccc1OC. The number of carbonyl (C=O) groups excluding carboxylic acids is 1. The number of para-hydroxylation sites is 1. The highest BCUT2D eigenvalue weighted by Gasteiger charge is 2.11. The summed E-state index contributed by atoms with van der Waals surface area (Å²) in [6, 6.07) is 7.38. The number of unbranched alkanes of at least 4 members (excludes halogenated alkanes) is 2. The van der Waals surface area contributed by atoms with Gasteiger partial charge in [0.1, 0.15) is 6.42 Å². The third kappa shape index (κ3) is 5.74. The zero-order valence-corrected chi connectivity index (χ0v) is 12.6. The third-order valence-electron chi connectivity index (χ3n) is 2.99. The van der Waals surface area contributed by atoms with Crippen LogP contribution in [0.1, 0.15) is 38.2 Å². The lowest BCUT2D eigenvalue weighted by atomic mass is 10.1. The predicted molar refractivity (Wildman–Crippen MR) is 80.1 cm³/mol. The lowest BCUT2D eigenvalue weighted by Gasteiger charge is -2.15. The van der Waals surface area contributed by atoms with Crippen molar-refractivity contribution in [2.75, 3.05) is 13.7 Å². The Labute approximate surface area is 125 Å². The van der Waals surface area contributed by atoms with Gasteiger partial charge in [-0.15, -0.1) is 0 Å². The Morgan fingerprint density at radius 1 is 1.38 bits per heavy atom. The molecular weight excluding hydrogens is 268 g/mol. The molecule has 0 atom stereocenters. The number of nitrogens with one attached hydrogen (secondary N) is 1. The molecule has 5 heteroatoms. The fourth-order valence-corrected chi connectivity index (χ4v) is 1.88. The van der Waals surface area contributed by atoms with Crippen molar-refractivity contribution in [1.29, 1.82) is 5.26 Å². The van der Waals surface area contributed by atoms with Crippen LogP contribution in [0, 0.1) is 11.3 Å². The van der Waals surface area contributed by atoms with Gasteiger partial charge < -0.3 is 14.8 Å². The molecule has 1 N–H and O–H groups in total. The van der Waals surface area contributed by atoms with Gasteiger partial charge in [-0.1, -0.05) is 31.9 Å². The lowest BCUT2D eigenvalue weighted by molar-refractivity contribution is -0.120. The first-order chi connectivity index (χ1) is 10.2. The average Bonchev–Trinajstić information content (AvgIpc) is 2.50. The first-order valence-electron chi connectivity index (χ1n) is 7.15. The molecule has 1 rings (SSSR count). The van der Waals surface area contributed by atoms with E-state index in [4.69, 9.17) is 14.7 Å². The van der Waals surface area contributed by atoms with E-state index in [1.807, 2.05) is 24.3 Å². The number of carbonyl (C=O) groups is 1. The number of hydrogen-bond acceptors (Lipinski definition) is 4. The Hall–Kier alpha value is -2.22. The van der Waals surface area contributed by atoms with Gasteiger partial charge in [-0.05, 0) is 12.5 Å². The molecule has 0 aliphatic carbocycles. The first kappa shape index (κ1) is 16.8. The summed E-state index contributed by atoms with van der Waals surface area (Å²) in [5, 5.41) is 11.2. The summed E-state index contributed by atoms with van der Waals surface area (Å²) in [7, 11) is 1.59. The number of ether oxygens (including phenoxy) is 2. The molecule has 21 heavy (non-hydrogen) atoms. The quantitative estimate of drug-likeness (QED) is 0.710. The number of methoxy groups -OCH3 is 1. The highest BCUT2D eigenvalue weighted by atomic mass is 16.5. The van der Waals surface area contributed by atoms with Gasteiger partial charge >= 0.3 is 0 Å². The van der Waals surface area contributed by atoms with E-state index in [-0.39, 0.29) is 12.3 Å². The second-order valence-corrected chi connectivity index (χ2v) is 4.62. The lowest BCUT2D eigenvalue weighted by Crippen LogP contribution is -2.22. The van der Waals surface area contributed by atoms with E-state index in [2.05, 4.69) is 12.2 Å². The Kier molecular flexibility index (Phi) is 7.73. The fourth-order valence-electron chi connectivity index (χ4n) is 1.88. The van der Waals surface area contributed by atoms with Gasteiger partial charge in [0.2, 0.25) is 5.91 Å². The van der Waals surface area contributed by atoms with Crippen LogP contribution in [-0.4, -0.2) is 19.6 Å². The highest BCUT2D eigenvalue weighted by Crippen LogP contribution is 2.31. The summed E-state index contributed by atoms with van der Waals surface area (Å²) in [4.78, 5) is 11.4. The van der Waals surface area contributed by atoms with Gasteiger partial charge in [0.05, 0.1) is 19.8 Å². The number of nitriles is 1. The molecule has 1 aromatic rings. The van der Waals surface area contributed by atoms with Crippen LogP contribution in [0.5, 0.6) is 11.5 Å². The van der Waals surface area contributed by atoms with Crippen LogP contribution in [0.4, 0.5) is 0 Å². The Bertz CT molecular complexity index is 495. The first-order valence-corrected chi connectivity index (χ1v) is 7.15. The summed E-state index contributed by atoms with van der Waals surface area (Å²) < 4.78 is 11.1. The van der Waals surface area contributed by atoms with E-state index in [0.29, 0.717) is 24.7 Å². The maximum atomic E-state index is 11.4. The standard InChI is InChI=1S/C16H22N2O3/c1-3-4-5-11-21-16-13(7-6-8-14(16)20-2)12-18-15(19)9-10-17/h6-8H,3-5,9,11-12H2,1-2H3,(H,18,19). The maximum Gasteiger partial charge on any atom is 0.234 e. The minimum Gasteiger partial charge on any atom is -0.493 e. The van der Waals surface area contributed by atoms with Gasteiger partial charge in [0.25, 0.3) is 0 Å². The molecule has 0 aromatic heterocycles. The minimum atomic E-state index is -0.294. The van der Waals surface area contributed by atoms with Crippen LogP contribution >= 0.6 is 0 Å². The molecule has 0 spiro atoms. The molecule has 0 aliphatic rings. The molecule has 114 valence electrons. The van der Waals surface area contributed by atoms with Crippen LogP contribution in [0.15, 0.2) is 18.2 Å². The zero-order chi connectivity index (χ0) is 15.5. The Morgan fingerprint density at radius 3 is 2.86 bits per heavy atom. The van der Waals surface area contributed by atoms with Crippen LogP contribution in [-0.2, 0) is 11.3 Å². The molecule has 0 radical (unpaired) electrons. The normalized spacial score (nSPS) is 9.76. The van der Waals surface area contributed by atoms with E-state index in [0.717, 1.165) is 24.8 Å². The van der Waals surface area contributed by atoms with E-state index >= 15 is 0 Å². The topological polar surface area (TPSA) is 71.3 Å². The highest BCUT2D eigenvalue weighted by molar-refractivity contribution is 5.78. The molecule has 0 aliphatic heterocycles. The molecular formula is C16H22N2O3. The summed E-state index contributed by atoms with van der Waals surface area (Å²) >= 11 is 0. The van der Waals surface area contributed by atoms with Crippen molar-refractivity contribution >= 4 is 5.91 Å². The monoisotopic (exact) mass is 290 g/mol. The van der Waals surface area contributed by atoms with Gasteiger partial charge in [-0.25, -0.2) is 0 Å². The van der Waals surface area contributed by atoms with E-state index < -0.39 is 0 Å². The van der Waals surface area contributed by atoms with Crippen molar-refractivity contribution in [3.63, 3.8) is 0 Å². The average molecular weight is 290 g/mol. The minimum absolute atomic E-state index is 0.142. The summed E-state index contributed by atoms with van der Waals surface area (Å²) in [6.45, 7) is 3.08. The zero-order valence-electron chi connectivity index (χ0n) is 12.6. The number of benzene rings is 1. The van der Waals surface area contributed by atoms with Gasteiger partial charge in [0.15, 0.2) is 11.5 Å². The maximum absolute atomic E-state index is 11.4. The smallest absolute Gasteiger partial charge is 0.234 e. The Balaban J connectivity index is 2.72. The van der Waals surface area contributed by atoms with Crippen LogP contribution in [0.3, 0.4) is 0 Å². The van der Waals surface area contributed by atoms with E-state index in [9.17, 15) is 4.79 Å². The predicted octanol–water partition coefficient (Wildman–Crippen LogP) is 2.79. The largest absolute Gasteiger partial charge is 0.493 e. The molecule has 1 aromatic carbocycles. The van der Waals surface area contributed by atoms with Crippen molar-refractivity contribution in [2.45, 2.75) is 39.2 Å². The molecule has 5 nitrogen and oxygen atoms in total. The van der Waals surface area contributed by atoms with Crippen molar-refractivity contribution in [3.8, 4) is 17.6 Å². The molecule has 1 amide bonds. The molecule has 0 bridgehead atoms. The van der Waals surface area contributed by atoms with Gasteiger partial charge in [-0.3, -0.25) is 4.79 Å². The second-order valence-electron chi connectivity index (χ2n) is 4.62. The fraction of sp³-hybridized carbons (Fsp3) is 0.500. The molecule has 0 heterocycles. The summed E-state index contributed by atoms with van der Waals surface area (Å²) in [5.41, 5.74) is 0.845. The number of hydrogen-bond donors (Lipinski definition) is 1. The number of rotatable bonds is 9. The van der Waals surface area contributed by atoms with Crippen molar-refractivity contribution in [2.24, 2.45) is 0 Å².